The Morgan fingerprint density at radius 2 is 2.05 bits per heavy atom. The molecule has 1 aliphatic heterocycles. The fourth-order valence-electron chi connectivity index (χ4n) is 2.68. The lowest BCUT2D eigenvalue weighted by Gasteiger charge is -2.15. The van der Waals surface area contributed by atoms with Gasteiger partial charge in [0.25, 0.3) is 0 Å². The molecule has 0 N–H and O–H groups in total. The minimum Gasteiger partial charge on any atom is -0.487 e. The van der Waals surface area contributed by atoms with Gasteiger partial charge >= 0.3 is 0 Å². The van der Waals surface area contributed by atoms with Crippen LogP contribution >= 0.6 is 11.6 Å². The van der Waals surface area contributed by atoms with Crippen LogP contribution in [0.5, 0.6) is 5.75 Å². The number of halogens is 1. The molecule has 116 valence electrons. The van der Waals surface area contributed by atoms with Crippen molar-refractivity contribution in [2.75, 3.05) is 0 Å². The summed E-state index contributed by atoms with van der Waals surface area (Å²) in [5.41, 5.74) is 2.81. The van der Waals surface area contributed by atoms with E-state index in [1.54, 1.807) is 0 Å². The molecule has 0 saturated carbocycles. The number of rotatable bonds is 4. The Hall–Kier alpha value is -1.58. The summed E-state index contributed by atoms with van der Waals surface area (Å²) in [4.78, 5) is 4.57. The van der Waals surface area contributed by atoms with Gasteiger partial charge in [-0.1, -0.05) is 41.9 Å². The number of pyridine rings is 1. The maximum atomic E-state index is 6.34. The highest BCUT2D eigenvalue weighted by atomic mass is 35.5. The van der Waals surface area contributed by atoms with Crippen molar-refractivity contribution in [2.45, 2.75) is 45.5 Å². The lowest BCUT2D eigenvalue weighted by atomic mass is 10.1. The molecule has 0 aliphatic carbocycles. The second-order valence-corrected chi connectivity index (χ2v) is 6.11. The van der Waals surface area contributed by atoms with Crippen molar-refractivity contribution >= 4 is 11.6 Å². The van der Waals surface area contributed by atoms with Gasteiger partial charge in [0, 0.05) is 6.07 Å². The maximum absolute atomic E-state index is 6.34. The van der Waals surface area contributed by atoms with Gasteiger partial charge in [-0.2, -0.15) is 0 Å². The monoisotopic (exact) mass is 317 g/mol. The first-order valence-electron chi connectivity index (χ1n) is 7.62. The summed E-state index contributed by atoms with van der Waals surface area (Å²) < 4.78 is 11.8. The molecule has 2 unspecified atom stereocenters. The van der Waals surface area contributed by atoms with Crippen LogP contribution in [0.4, 0.5) is 0 Å². The summed E-state index contributed by atoms with van der Waals surface area (Å²) >= 11 is 6.34. The van der Waals surface area contributed by atoms with Gasteiger partial charge in [-0.3, -0.25) is 4.98 Å². The van der Waals surface area contributed by atoms with E-state index in [-0.39, 0.29) is 12.2 Å². The summed E-state index contributed by atoms with van der Waals surface area (Å²) in [5.74, 6) is 0.677. The van der Waals surface area contributed by atoms with E-state index in [2.05, 4.69) is 11.9 Å². The van der Waals surface area contributed by atoms with Gasteiger partial charge in [-0.05, 0) is 32.3 Å². The van der Waals surface area contributed by atoms with Gasteiger partial charge in [0.15, 0.2) is 0 Å². The fourth-order valence-corrected chi connectivity index (χ4v) is 2.83. The largest absolute Gasteiger partial charge is 0.487 e. The van der Waals surface area contributed by atoms with Crippen LogP contribution in [0.25, 0.3) is 0 Å². The maximum Gasteiger partial charge on any atom is 0.142 e. The lowest BCUT2D eigenvalue weighted by Crippen LogP contribution is -2.06. The minimum atomic E-state index is 0.0463. The summed E-state index contributed by atoms with van der Waals surface area (Å²) in [6, 6.07) is 12.0. The van der Waals surface area contributed by atoms with Crippen LogP contribution in [0, 0.1) is 6.92 Å². The summed E-state index contributed by atoms with van der Waals surface area (Å²) in [6.45, 7) is 4.49. The van der Waals surface area contributed by atoms with E-state index < -0.39 is 0 Å². The molecule has 0 radical (unpaired) electrons. The summed E-state index contributed by atoms with van der Waals surface area (Å²) in [6.07, 6.45) is 2.39. The van der Waals surface area contributed by atoms with E-state index in [0.717, 1.165) is 29.8 Å². The topological polar surface area (TPSA) is 31.4 Å². The highest BCUT2D eigenvalue weighted by molar-refractivity contribution is 6.32. The minimum absolute atomic E-state index is 0.0463. The molecule has 2 aromatic rings. The van der Waals surface area contributed by atoms with Gasteiger partial charge in [0.1, 0.15) is 23.5 Å². The van der Waals surface area contributed by atoms with Crippen molar-refractivity contribution in [1.82, 2.24) is 4.98 Å². The standard InChI is InChI=1S/C18H20ClNO2/c1-12-8-9-16(22-12)15-10-17(18(19)13(2)20-15)21-11-14-6-4-3-5-7-14/h3-7,10,12,16H,8-9,11H2,1-2H3. The van der Waals surface area contributed by atoms with E-state index in [0.29, 0.717) is 17.4 Å². The Balaban J connectivity index is 1.79. The second-order valence-electron chi connectivity index (χ2n) is 5.73. The van der Waals surface area contributed by atoms with Crippen molar-refractivity contribution in [3.63, 3.8) is 0 Å². The van der Waals surface area contributed by atoms with Crippen molar-refractivity contribution in [3.05, 3.63) is 58.4 Å². The average Bonchev–Trinajstić information content (AvgIpc) is 2.96. The van der Waals surface area contributed by atoms with Crippen LogP contribution in [0.3, 0.4) is 0 Å². The quantitative estimate of drug-likeness (QED) is 0.806. The van der Waals surface area contributed by atoms with Crippen LogP contribution < -0.4 is 4.74 Å². The van der Waals surface area contributed by atoms with Gasteiger partial charge in [-0.25, -0.2) is 0 Å². The second kappa shape index (κ2) is 6.67. The molecule has 3 nitrogen and oxygen atoms in total. The predicted octanol–water partition coefficient (Wildman–Crippen LogP) is 4.86. The molecule has 0 bridgehead atoms. The molecule has 2 atom stereocenters. The summed E-state index contributed by atoms with van der Waals surface area (Å²) in [7, 11) is 0. The highest BCUT2D eigenvalue weighted by Gasteiger charge is 2.26. The SMILES string of the molecule is Cc1nc(C2CCC(C)O2)cc(OCc2ccccc2)c1Cl. The molecule has 1 aromatic heterocycles. The van der Waals surface area contributed by atoms with Gasteiger partial charge in [0.2, 0.25) is 0 Å². The number of hydrogen-bond donors (Lipinski definition) is 0. The van der Waals surface area contributed by atoms with Crippen molar-refractivity contribution in [1.29, 1.82) is 0 Å². The lowest BCUT2D eigenvalue weighted by molar-refractivity contribution is 0.0527. The zero-order valence-corrected chi connectivity index (χ0v) is 13.6. The molecular formula is C18H20ClNO2. The Kier molecular flexibility index (Phi) is 4.65. The van der Waals surface area contributed by atoms with Gasteiger partial charge in [0.05, 0.1) is 17.5 Å². The molecule has 4 heteroatoms. The Bertz CT molecular complexity index is 645. The first-order chi connectivity index (χ1) is 10.6. The highest BCUT2D eigenvalue weighted by Crippen LogP contribution is 2.36. The smallest absolute Gasteiger partial charge is 0.142 e. The third-order valence-corrected chi connectivity index (χ3v) is 4.37. The molecule has 1 saturated heterocycles. The van der Waals surface area contributed by atoms with Crippen LogP contribution in [0.15, 0.2) is 36.4 Å². The average molecular weight is 318 g/mol. The number of aryl methyl sites for hydroxylation is 1. The van der Waals surface area contributed by atoms with E-state index in [4.69, 9.17) is 21.1 Å². The van der Waals surface area contributed by atoms with Crippen molar-refractivity contribution in [3.8, 4) is 5.75 Å². The molecule has 3 rings (SSSR count). The number of nitrogens with zero attached hydrogens (tertiary/aromatic N) is 1. The molecule has 1 fully saturated rings. The first kappa shape index (κ1) is 15.3. The fraction of sp³-hybridized carbons (Fsp3) is 0.389. The Morgan fingerprint density at radius 3 is 2.73 bits per heavy atom. The number of benzene rings is 1. The predicted molar refractivity (Wildman–Crippen MR) is 87.3 cm³/mol. The van der Waals surface area contributed by atoms with E-state index in [1.165, 1.54) is 0 Å². The van der Waals surface area contributed by atoms with Crippen molar-refractivity contribution in [2.24, 2.45) is 0 Å². The first-order valence-corrected chi connectivity index (χ1v) is 8.00. The van der Waals surface area contributed by atoms with Gasteiger partial charge < -0.3 is 9.47 Å². The van der Waals surface area contributed by atoms with Crippen LogP contribution in [-0.4, -0.2) is 11.1 Å². The number of hydrogen-bond acceptors (Lipinski definition) is 3. The van der Waals surface area contributed by atoms with Crippen LogP contribution in [0.1, 0.15) is 42.8 Å². The van der Waals surface area contributed by atoms with Crippen molar-refractivity contribution < 1.29 is 9.47 Å². The Labute approximate surface area is 136 Å². The molecule has 2 heterocycles. The third-order valence-electron chi connectivity index (χ3n) is 3.91. The normalized spacial score (nSPS) is 21.0. The Morgan fingerprint density at radius 1 is 1.27 bits per heavy atom. The van der Waals surface area contributed by atoms with Crippen LogP contribution in [-0.2, 0) is 11.3 Å². The van der Waals surface area contributed by atoms with E-state index >= 15 is 0 Å². The molecule has 1 aliphatic rings. The molecule has 22 heavy (non-hydrogen) atoms. The van der Waals surface area contributed by atoms with E-state index in [1.807, 2.05) is 43.3 Å². The molecular weight excluding hydrogens is 298 g/mol. The molecule has 0 amide bonds. The third kappa shape index (κ3) is 3.42. The zero-order valence-electron chi connectivity index (χ0n) is 12.9. The molecule has 1 aromatic carbocycles. The number of aromatic nitrogens is 1. The van der Waals surface area contributed by atoms with E-state index in [9.17, 15) is 0 Å². The zero-order chi connectivity index (χ0) is 15.5. The van der Waals surface area contributed by atoms with Crippen LogP contribution in [0.2, 0.25) is 5.02 Å². The summed E-state index contributed by atoms with van der Waals surface area (Å²) in [5, 5.41) is 0.575. The number of ether oxygens (including phenoxy) is 2. The van der Waals surface area contributed by atoms with Gasteiger partial charge in [-0.15, -0.1) is 0 Å². The molecule has 0 spiro atoms.